The topological polar surface area (TPSA) is 56.5 Å². The van der Waals surface area contributed by atoms with Crippen LogP contribution in [0.3, 0.4) is 0 Å². The van der Waals surface area contributed by atoms with E-state index >= 15 is 0 Å². The van der Waals surface area contributed by atoms with E-state index in [9.17, 15) is 4.79 Å². The molecule has 0 fully saturated rings. The highest BCUT2D eigenvalue weighted by Gasteiger charge is 2.18. The van der Waals surface area contributed by atoms with Crippen molar-refractivity contribution >= 4 is 23.0 Å². The third-order valence-electron chi connectivity index (χ3n) is 2.90. The molecule has 2 heterocycles. The van der Waals surface area contributed by atoms with E-state index in [4.69, 9.17) is 16.3 Å². The molecule has 3 rings (SSSR count). The third-order valence-corrected chi connectivity index (χ3v) is 3.17. The second kappa shape index (κ2) is 4.94. The minimum atomic E-state index is -0.326. The van der Waals surface area contributed by atoms with Gasteiger partial charge in [-0.15, -0.1) is 0 Å². The number of fused-ring (bicyclic) bond motifs is 1. The van der Waals surface area contributed by atoms with Gasteiger partial charge in [0.1, 0.15) is 11.4 Å². The van der Waals surface area contributed by atoms with E-state index in [0.717, 1.165) is 0 Å². The maximum Gasteiger partial charge on any atom is 0.234 e. The van der Waals surface area contributed by atoms with Gasteiger partial charge in [-0.25, -0.2) is 4.98 Å². The van der Waals surface area contributed by atoms with Crippen LogP contribution in [0.5, 0.6) is 5.75 Å². The molecule has 0 aliphatic rings. The van der Waals surface area contributed by atoms with Crippen molar-refractivity contribution in [3.63, 3.8) is 0 Å². The van der Waals surface area contributed by atoms with Crippen molar-refractivity contribution in [3.05, 3.63) is 59.3 Å². The number of aromatic nitrogens is 3. The molecule has 20 heavy (non-hydrogen) atoms. The molecule has 0 amide bonds. The average Bonchev–Trinajstić information content (AvgIpc) is 2.95. The van der Waals surface area contributed by atoms with Crippen LogP contribution < -0.4 is 4.74 Å². The van der Waals surface area contributed by atoms with Crippen LogP contribution in [0.1, 0.15) is 16.2 Å². The minimum absolute atomic E-state index is 0.0469. The minimum Gasteiger partial charge on any atom is -0.496 e. The maximum atomic E-state index is 12.5. The van der Waals surface area contributed by atoms with E-state index < -0.39 is 0 Å². The summed E-state index contributed by atoms with van der Waals surface area (Å²) >= 11 is 6.04. The van der Waals surface area contributed by atoms with Crippen molar-refractivity contribution in [1.82, 2.24) is 14.4 Å². The average molecular weight is 288 g/mol. The molecule has 0 N–H and O–H groups in total. The summed E-state index contributed by atoms with van der Waals surface area (Å²) in [4.78, 5) is 20.7. The van der Waals surface area contributed by atoms with Gasteiger partial charge in [0.05, 0.1) is 12.7 Å². The monoisotopic (exact) mass is 287 g/mol. The Kier molecular flexibility index (Phi) is 3.12. The Morgan fingerprint density at radius 3 is 2.80 bits per heavy atom. The van der Waals surface area contributed by atoms with Crippen molar-refractivity contribution in [2.45, 2.75) is 0 Å². The number of benzene rings is 1. The fraction of sp³-hybridized carbons (Fsp3) is 0.0714. The first-order valence-electron chi connectivity index (χ1n) is 5.89. The zero-order chi connectivity index (χ0) is 14.1. The molecule has 1 aromatic carbocycles. The number of ether oxygens (including phenoxy) is 1. The van der Waals surface area contributed by atoms with E-state index in [1.165, 1.54) is 7.11 Å². The Hall–Kier alpha value is -2.40. The molecule has 0 spiro atoms. The summed E-state index contributed by atoms with van der Waals surface area (Å²) in [6.07, 6.45) is 1.73. The van der Waals surface area contributed by atoms with Crippen LogP contribution in [0, 0.1) is 0 Å². The van der Waals surface area contributed by atoms with Crippen LogP contribution in [-0.2, 0) is 0 Å². The molecule has 0 radical (unpaired) electrons. The lowest BCUT2D eigenvalue weighted by Gasteiger charge is -2.07. The summed E-state index contributed by atoms with van der Waals surface area (Å²) < 4.78 is 6.77. The lowest BCUT2D eigenvalue weighted by molar-refractivity contribution is 0.102. The molecule has 5 nitrogen and oxygen atoms in total. The van der Waals surface area contributed by atoms with Gasteiger partial charge in [0.15, 0.2) is 0 Å². The van der Waals surface area contributed by atoms with Crippen LogP contribution >= 0.6 is 11.6 Å². The fourth-order valence-corrected chi connectivity index (χ4v) is 2.17. The van der Waals surface area contributed by atoms with Gasteiger partial charge in [0.2, 0.25) is 16.9 Å². The lowest BCUT2D eigenvalue weighted by Crippen LogP contribution is -2.10. The van der Waals surface area contributed by atoms with Gasteiger partial charge in [-0.2, -0.15) is 4.98 Å². The van der Waals surface area contributed by atoms with E-state index in [1.54, 1.807) is 47.0 Å². The first-order chi connectivity index (χ1) is 9.70. The predicted octanol–water partition coefficient (Wildman–Crippen LogP) is 2.62. The molecule has 6 heteroatoms. The zero-order valence-corrected chi connectivity index (χ0v) is 11.3. The third kappa shape index (κ3) is 2.02. The molecule has 3 aromatic rings. The first kappa shape index (κ1) is 12.6. The second-order valence-electron chi connectivity index (χ2n) is 4.08. The van der Waals surface area contributed by atoms with Crippen molar-refractivity contribution in [3.8, 4) is 5.75 Å². The van der Waals surface area contributed by atoms with Gasteiger partial charge in [0, 0.05) is 6.20 Å². The van der Waals surface area contributed by atoms with Crippen molar-refractivity contribution in [1.29, 1.82) is 0 Å². The molecule has 0 saturated carbocycles. The summed E-state index contributed by atoms with van der Waals surface area (Å²) in [6, 6.07) is 10.5. The smallest absolute Gasteiger partial charge is 0.234 e. The van der Waals surface area contributed by atoms with Crippen LogP contribution in [0.15, 0.2) is 42.6 Å². The standard InChI is InChI=1S/C14H10ClN3O2/c1-20-10-6-3-2-5-9(10)12(19)13-16-11-7-4-8-18(11)14(15)17-13/h2-8H,1H3. The van der Waals surface area contributed by atoms with Gasteiger partial charge >= 0.3 is 0 Å². The van der Waals surface area contributed by atoms with E-state index in [1.807, 2.05) is 0 Å². The van der Waals surface area contributed by atoms with Crippen molar-refractivity contribution in [2.75, 3.05) is 7.11 Å². The highest BCUT2D eigenvalue weighted by Crippen LogP contribution is 2.21. The number of rotatable bonds is 3. The number of methoxy groups -OCH3 is 1. The molecule has 0 aliphatic heterocycles. The van der Waals surface area contributed by atoms with E-state index in [2.05, 4.69) is 9.97 Å². The summed E-state index contributed by atoms with van der Waals surface area (Å²) in [5.41, 5.74) is 0.977. The van der Waals surface area contributed by atoms with Crippen LogP contribution in [0.2, 0.25) is 5.28 Å². The van der Waals surface area contributed by atoms with Crippen LogP contribution in [0.4, 0.5) is 0 Å². The van der Waals surface area contributed by atoms with E-state index in [-0.39, 0.29) is 16.9 Å². The van der Waals surface area contributed by atoms with Gasteiger partial charge in [-0.05, 0) is 35.9 Å². The Balaban J connectivity index is 2.12. The number of halogens is 1. The largest absolute Gasteiger partial charge is 0.496 e. The quantitative estimate of drug-likeness (QED) is 0.695. The molecule has 0 saturated heterocycles. The Labute approximate surface area is 119 Å². The summed E-state index contributed by atoms with van der Waals surface area (Å²) in [5.74, 6) is 0.200. The number of para-hydroxylation sites is 1. The molecular formula is C14H10ClN3O2. The second-order valence-corrected chi connectivity index (χ2v) is 4.42. The number of hydrogen-bond acceptors (Lipinski definition) is 4. The molecule has 2 aromatic heterocycles. The Morgan fingerprint density at radius 2 is 2.00 bits per heavy atom. The molecule has 0 unspecified atom stereocenters. The highest BCUT2D eigenvalue weighted by molar-refractivity contribution is 6.28. The van der Waals surface area contributed by atoms with Crippen molar-refractivity contribution < 1.29 is 9.53 Å². The highest BCUT2D eigenvalue weighted by atomic mass is 35.5. The fourth-order valence-electron chi connectivity index (χ4n) is 1.95. The number of nitrogens with zero attached hydrogens (tertiary/aromatic N) is 3. The predicted molar refractivity (Wildman–Crippen MR) is 74.4 cm³/mol. The van der Waals surface area contributed by atoms with E-state index in [0.29, 0.717) is 17.0 Å². The number of ketones is 1. The van der Waals surface area contributed by atoms with Gasteiger partial charge in [-0.1, -0.05) is 12.1 Å². The van der Waals surface area contributed by atoms with Gasteiger partial charge < -0.3 is 4.74 Å². The molecule has 0 atom stereocenters. The van der Waals surface area contributed by atoms with Crippen molar-refractivity contribution in [2.24, 2.45) is 0 Å². The van der Waals surface area contributed by atoms with Gasteiger partial charge in [0.25, 0.3) is 0 Å². The molecule has 0 bridgehead atoms. The number of hydrogen-bond donors (Lipinski definition) is 0. The number of carbonyl (C=O) groups is 1. The maximum absolute atomic E-state index is 12.5. The first-order valence-corrected chi connectivity index (χ1v) is 6.27. The summed E-state index contributed by atoms with van der Waals surface area (Å²) in [6.45, 7) is 0. The Morgan fingerprint density at radius 1 is 1.20 bits per heavy atom. The molecular weight excluding hydrogens is 278 g/mol. The normalized spacial score (nSPS) is 10.7. The summed E-state index contributed by atoms with van der Waals surface area (Å²) in [7, 11) is 1.51. The lowest BCUT2D eigenvalue weighted by atomic mass is 10.1. The van der Waals surface area contributed by atoms with Crippen LogP contribution in [-0.4, -0.2) is 27.3 Å². The summed E-state index contributed by atoms with van der Waals surface area (Å²) in [5, 5.41) is 0.193. The number of carbonyl (C=O) groups excluding carboxylic acids is 1. The van der Waals surface area contributed by atoms with Gasteiger partial charge in [-0.3, -0.25) is 9.20 Å². The molecule has 0 aliphatic carbocycles. The molecule has 100 valence electrons. The Bertz CT molecular complexity index is 798. The zero-order valence-electron chi connectivity index (χ0n) is 10.6. The SMILES string of the molecule is COc1ccccc1C(=O)c1nc(Cl)n2cccc2n1. The van der Waals surface area contributed by atoms with Crippen LogP contribution in [0.25, 0.3) is 5.65 Å².